The molecule has 1 heterocycles. The summed E-state index contributed by atoms with van der Waals surface area (Å²) in [6.45, 7) is -0.333. The smallest absolute Gasteiger partial charge is 0.344 e. The number of ether oxygens (including phenoxy) is 3. The van der Waals surface area contributed by atoms with Gasteiger partial charge in [-0.1, -0.05) is 18.2 Å². The van der Waals surface area contributed by atoms with Crippen molar-refractivity contribution in [1.82, 2.24) is 0 Å². The zero-order valence-corrected chi connectivity index (χ0v) is 18.3. The Bertz CT molecular complexity index is 1460. The highest BCUT2D eigenvalue weighted by Crippen LogP contribution is 2.32. The highest BCUT2D eigenvalue weighted by Gasteiger charge is 2.14. The van der Waals surface area contributed by atoms with E-state index >= 15 is 0 Å². The first-order valence-corrected chi connectivity index (χ1v) is 10.1. The number of hydrogen-bond donors (Lipinski definition) is 0. The molecule has 0 N–H and O–H groups in total. The van der Waals surface area contributed by atoms with Crippen molar-refractivity contribution in [2.24, 2.45) is 0 Å². The van der Waals surface area contributed by atoms with Gasteiger partial charge in [0.2, 0.25) is 0 Å². The molecule has 34 heavy (non-hydrogen) atoms. The molecule has 172 valence electrons. The van der Waals surface area contributed by atoms with Crippen LogP contribution in [0.1, 0.15) is 10.4 Å². The van der Waals surface area contributed by atoms with Crippen molar-refractivity contribution in [3.63, 3.8) is 0 Å². The van der Waals surface area contributed by atoms with E-state index in [0.717, 1.165) is 0 Å². The number of nitro groups is 1. The third-order valence-electron chi connectivity index (χ3n) is 5.15. The summed E-state index contributed by atoms with van der Waals surface area (Å²) in [6.07, 6.45) is 0. The average molecular weight is 461 g/mol. The zero-order chi connectivity index (χ0) is 24.2. The first-order valence-electron chi connectivity index (χ1n) is 10.1. The Labute approximate surface area is 193 Å². The lowest BCUT2D eigenvalue weighted by Crippen LogP contribution is -2.12. The van der Waals surface area contributed by atoms with Crippen LogP contribution in [0.25, 0.3) is 22.1 Å². The lowest BCUT2D eigenvalue weighted by molar-refractivity contribution is -0.384. The fourth-order valence-corrected chi connectivity index (χ4v) is 3.41. The second kappa shape index (κ2) is 9.45. The van der Waals surface area contributed by atoms with Crippen molar-refractivity contribution in [2.45, 2.75) is 0 Å². The van der Waals surface area contributed by atoms with Crippen molar-refractivity contribution >= 4 is 22.4 Å². The van der Waals surface area contributed by atoms with E-state index < -0.39 is 16.3 Å². The van der Waals surface area contributed by atoms with Crippen LogP contribution in [0, 0.1) is 10.1 Å². The van der Waals surface area contributed by atoms with Crippen LogP contribution in [0.2, 0.25) is 0 Å². The number of ketones is 1. The van der Waals surface area contributed by atoms with Gasteiger partial charge < -0.3 is 18.6 Å². The Kier molecular flexibility index (Phi) is 6.26. The van der Waals surface area contributed by atoms with Gasteiger partial charge >= 0.3 is 5.63 Å². The van der Waals surface area contributed by atoms with Crippen LogP contribution in [0.15, 0.2) is 75.9 Å². The lowest BCUT2D eigenvalue weighted by Gasteiger charge is -2.10. The highest BCUT2D eigenvalue weighted by atomic mass is 16.6. The van der Waals surface area contributed by atoms with Gasteiger partial charge in [-0.05, 0) is 35.9 Å². The lowest BCUT2D eigenvalue weighted by atomic mass is 10.1. The number of nitrogens with zero attached hydrogens (tertiary/aromatic N) is 1. The van der Waals surface area contributed by atoms with Gasteiger partial charge in [-0.15, -0.1) is 0 Å². The van der Waals surface area contributed by atoms with E-state index in [2.05, 4.69) is 0 Å². The summed E-state index contributed by atoms with van der Waals surface area (Å²) >= 11 is 0. The molecule has 9 heteroatoms. The van der Waals surface area contributed by atoms with Crippen LogP contribution < -0.4 is 19.8 Å². The van der Waals surface area contributed by atoms with E-state index in [4.69, 9.17) is 18.6 Å². The first kappa shape index (κ1) is 22.5. The maximum absolute atomic E-state index is 12.6. The normalized spacial score (nSPS) is 10.6. The van der Waals surface area contributed by atoms with E-state index in [9.17, 15) is 19.7 Å². The molecule has 0 saturated carbocycles. The molecule has 0 aliphatic carbocycles. The molecule has 0 atom stereocenters. The summed E-state index contributed by atoms with van der Waals surface area (Å²) in [4.78, 5) is 35.3. The van der Waals surface area contributed by atoms with Gasteiger partial charge in [-0.25, -0.2) is 4.79 Å². The number of benzene rings is 3. The summed E-state index contributed by atoms with van der Waals surface area (Å²) < 4.78 is 21.5. The van der Waals surface area contributed by atoms with Crippen molar-refractivity contribution < 1.29 is 28.3 Å². The molecular weight excluding hydrogens is 442 g/mol. The van der Waals surface area contributed by atoms with Gasteiger partial charge in [0.1, 0.15) is 11.3 Å². The summed E-state index contributed by atoms with van der Waals surface area (Å²) in [7, 11) is 3.04. The maximum Gasteiger partial charge on any atom is 0.344 e. The van der Waals surface area contributed by atoms with Gasteiger partial charge in [-0.2, -0.15) is 0 Å². The molecular formula is C25H19NO8. The Hall–Kier alpha value is -4.66. The molecule has 0 amide bonds. The van der Waals surface area contributed by atoms with Crippen LogP contribution in [0.5, 0.6) is 17.2 Å². The summed E-state index contributed by atoms with van der Waals surface area (Å²) in [5.41, 5.74) is 0.683. The topological polar surface area (TPSA) is 118 Å². The number of non-ortho nitro benzene ring substituents is 1. The van der Waals surface area contributed by atoms with Crippen molar-refractivity contribution in [3.05, 3.63) is 92.8 Å². The fraction of sp³-hybridized carbons (Fsp3) is 0.120. The molecule has 3 aromatic carbocycles. The monoisotopic (exact) mass is 461 g/mol. The molecule has 4 rings (SSSR count). The minimum atomic E-state index is -0.570. The molecule has 1 aromatic heterocycles. The molecule has 0 aliphatic rings. The second-order valence-electron chi connectivity index (χ2n) is 7.24. The minimum Gasteiger partial charge on any atom is -0.493 e. The predicted octanol–water partition coefficient (Wildman–Crippen LogP) is 4.65. The number of rotatable bonds is 8. The number of carbonyl (C=O) groups is 1. The van der Waals surface area contributed by atoms with Gasteiger partial charge in [0, 0.05) is 29.1 Å². The Morgan fingerprint density at radius 2 is 1.76 bits per heavy atom. The van der Waals surface area contributed by atoms with Gasteiger partial charge in [0.05, 0.1) is 24.7 Å². The van der Waals surface area contributed by atoms with Gasteiger partial charge in [0.25, 0.3) is 5.69 Å². The van der Waals surface area contributed by atoms with Crippen molar-refractivity contribution in [3.8, 4) is 28.4 Å². The number of Topliss-reactive ketones (excluding diaryl/α,β-unsaturated/α-hetero) is 1. The van der Waals surface area contributed by atoms with Crippen LogP contribution in [-0.4, -0.2) is 31.5 Å². The number of methoxy groups -OCH3 is 2. The third kappa shape index (κ3) is 4.58. The Morgan fingerprint density at radius 1 is 0.971 bits per heavy atom. The van der Waals surface area contributed by atoms with Crippen LogP contribution in [0.4, 0.5) is 5.69 Å². The van der Waals surface area contributed by atoms with E-state index in [0.29, 0.717) is 33.8 Å². The molecule has 4 aromatic rings. The first-order chi connectivity index (χ1) is 16.4. The second-order valence-corrected chi connectivity index (χ2v) is 7.24. The highest BCUT2D eigenvalue weighted by molar-refractivity contribution is 5.97. The number of hydrogen-bond acceptors (Lipinski definition) is 8. The Morgan fingerprint density at radius 3 is 2.50 bits per heavy atom. The summed E-state index contributed by atoms with van der Waals surface area (Å²) in [5.74, 6) is 0.914. The number of carbonyl (C=O) groups excluding carboxylic acids is 1. The molecule has 0 aliphatic heterocycles. The average Bonchev–Trinajstić information content (AvgIpc) is 2.86. The Balaban J connectivity index is 1.56. The van der Waals surface area contributed by atoms with E-state index in [1.807, 2.05) is 0 Å². The molecule has 0 unspecified atom stereocenters. The van der Waals surface area contributed by atoms with E-state index in [1.54, 1.807) is 36.4 Å². The van der Waals surface area contributed by atoms with Gasteiger partial charge in [-0.3, -0.25) is 14.9 Å². The maximum atomic E-state index is 12.6. The molecule has 0 bridgehead atoms. The number of nitro benzene ring substituents is 1. The van der Waals surface area contributed by atoms with E-state index in [-0.39, 0.29) is 23.4 Å². The fourth-order valence-electron chi connectivity index (χ4n) is 3.41. The zero-order valence-electron chi connectivity index (χ0n) is 18.3. The largest absolute Gasteiger partial charge is 0.493 e. The van der Waals surface area contributed by atoms with Crippen LogP contribution >= 0.6 is 0 Å². The third-order valence-corrected chi connectivity index (χ3v) is 5.15. The SMILES string of the molecule is COc1ccc(-c2cc3ccc(OCC(=O)c4cccc([N+](=O)[O-])c4)cc3oc2=O)cc1OC. The van der Waals surface area contributed by atoms with Crippen LogP contribution in [0.3, 0.4) is 0 Å². The molecule has 0 saturated heterocycles. The minimum absolute atomic E-state index is 0.168. The predicted molar refractivity (Wildman–Crippen MR) is 124 cm³/mol. The standard InChI is InChI=1S/C25H19NO8/c1-31-22-9-7-15(12-24(22)32-2)20-11-17-6-8-19(13-23(17)34-25(20)28)33-14-21(27)16-4-3-5-18(10-16)26(29)30/h3-13H,14H2,1-2H3. The van der Waals surface area contributed by atoms with Gasteiger partial charge in [0.15, 0.2) is 23.9 Å². The summed E-state index contributed by atoms with van der Waals surface area (Å²) in [5, 5.41) is 11.6. The molecule has 0 radical (unpaired) electrons. The van der Waals surface area contributed by atoms with E-state index in [1.165, 1.54) is 44.6 Å². The number of fused-ring (bicyclic) bond motifs is 1. The molecule has 0 spiro atoms. The summed E-state index contributed by atoms with van der Waals surface area (Å²) in [6, 6.07) is 17.1. The van der Waals surface area contributed by atoms with Crippen LogP contribution in [-0.2, 0) is 0 Å². The molecule has 0 fully saturated rings. The van der Waals surface area contributed by atoms with Crippen molar-refractivity contribution in [2.75, 3.05) is 20.8 Å². The quantitative estimate of drug-likeness (QED) is 0.161. The molecule has 9 nitrogen and oxygen atoms in total. The van der Waals surface area contributed by atoms with Crippen molar-refractivity contribution in [1.29, 1.82) is 0 Å².